The lowest BCUT2D eigenvalue weighted by atomic mass is 9.61. The fraction of sp³-hybridized carbons (Fsp3) is 0. The van der Waals surface area contributed by atoms with Crippen LogP contribution in [-0.2, 0) is 0 Å². The zero-order valence-electron chi connectivity index (χ0n) is 25.0. The molecule has 0 aliphatic heterocycles. The van der Waals surface area contributed by atoms with Crippen molar-refractivity contribution in [1.29, 1.82) is 0 Å². The van der Waals surface area contributed by atoms with E-state index in [4.69, 9.17) is 4.42 Å². The van der Waals surface area contributed by atoms with Crippen LogP contribution in [0.3, 0.4) is 0 Å². The fourth-order valence-corrected chi connectivity index (χ4v) is 7.39. The van der Waals surface area contributed by atoms with Crippen molar-refractivity contribution in [2.75, 3.05) is 0 Å². The van der Waals surface area contributed by atoms with Crippen LogP contribution in [0.1, 0.15) is 0 Å². The predicted molar refractivity (Wildman–Crippen MR) is 198 cm³/mol. The van der Waals surface area contributed by atoms with Crippen LogP contribution in [-0.4, -0.2) is 31.4 Å². The largest absolute Gasteiger partial charge is 0.456 e. The zero-order valence-corrected chi connectivity index (χ0v) is 25.0. The lowest BCUT2D eigenvalue weighted by Crippen LogP contribution is -2.44. The molecule has 0 unspecified atom stereocenters. The van der Waals surface area contributed by atoms with Crippen molar-refractivity contribution in [3.8, 4) is 33.4 Å². The number of furan rings is 1. The number of hydrogen-bond donors (Lipinski definition) is 0. The third kappa shape index (κ3) is 3.78. The molecule has 0 saturated carbocycles. The topological polar surface area (TPSA) is 13.1 Å². The van der Waals surface area contributed by atoms with Gasteiger partial charge in [0.25, 0.3) is 0 Å². The SMILES string of the molecule is Bc1c(B)c(-c2cccc3oc4ccccc4c23)c(B)c(B)c1-c1c2ccccc2c(-c2ccccc2)c2ccccc12. The van der Waals surface area contributed by atoms with E-state index < -0.39 is 0 Å². The van der Waals surface area contributed by atoms with Crippen LogP contribution in [0.25, 0.3) is 76.9 Å². The molecule has 198 valence electrons. The molecule has 0 atom stereocenters. The second-order valence-corrected chi connectivity index (χ2v) is 11.7. The quantitative estimate of drug-likeness (QED) is 0.243. The lowest BCUT2D eigenvalue weighted by Gasteiger charge is -2.25. The van der Waals surface area contributed by atoms with E-state index >= 15 is 0 Å². The molecule has 1 nitrogen and oxygen atoms in total. The minimum absolute atomic E-state index is 0.932. The Bertz CT molecular complexity index is 2300. The number of benzene rings is 7. The summed E-state index contributed by atoms with van der Waals surface area (Å²) >= 11 is 0. The standard InChI is InChI=1S/C38H28B4O/c39-35-33(27-18-10-20-29-31(27)26-17-8-9-19-28(26)43-29)36(40)38(42)34(37(35)41)32-24-15-6-4-13-22(24)30(21-11-2-1-3-12-21)23-14-5-7-16-25(23)32/h1-20H,39-42H2. The molecule has 0 saturated heterocycles. The normalized spacial score (nSPS) is 11.6. The van der Waals surface area contributed by atoms with Crippen molar-refractivity contribution in [3.05, 3.63) is 121 Å². The van der Waals surface area contributed by atoms with Gasteiger partial charge in [-0.25, -0.2) is 0 Å². The summed E-state index contributed by atoms with van der Waals surface area (Å²) in [5, 5.41) is 7.52. The Kier molecular flexibility index (Phi) is 5.91. The van der Waals surface area contributed by atoms with Gasteiger partial charge in [0, 0.05) is 10.8 Å². The van der Waals surface area contributed by atoms with Gasteiger partial charge in [0.05, 0.1) is 0 Å². The van der Waals surface area contributed by atoms with E-state index in [-0.39, 0.29) is 0 Å². The summed E-state index contributed by atoms with van der Waals surface area (Å²) in [4.78, 5) is 0. The van der Waals surface area contributed by atoms with Crippen LogP contribution < -0.4 is 21.9 Å². The van der Waals surface area contributed by atoms with E-state index in [0.29, 0.717) is 0 Å². The second-order valence-electron chi connectivity index (χ2n) is 11.7. The van der Waals surface area contributed by atoms with Gasteiger partial charge in [0.15, 0.2) is 0 Å². The molecular formula is C38H28B4O. The Labute approximate surface area is 255 Å². The number of rotatable bonds is 3. The fourth-order valence-electron chi connectivity index (χ4n) is 7.39. The Balaban J connectivity index is 1.48. The molecule has 0 radical (unpaired) electrons. The monoisotopic (exact) mass is 544 g/mol. The van der Waals surface area contributed by atoms with Crippen LogP contribution in [0, 0.1) is 0 Å². The first-order valence-electron chi connectivity index (χ1n) is 15.0. The molecule has 0 spiro atoms. The maximum absolute atomic E-state index is 6.29. The number of hydrogen-bond acceptors (Lipinski definition) is 1. The van der Waals surface area contributed by atoms with Gasteiger partial charge in [-0.15, -0.1) is 0 Å². The van der Waals surface area contributed by atoms with Crippen LogP contribution in [0.2, 0.25) is 0 Å². The maximum atomic E-state index is 6.29. The Hall–Kier alpha value is -4.88. The highest BCUT2D eigenvalue weighted by Gasteiger charge is 2.23. The van der Waals surface area contributed by atoms with Gasteiger partial charge in [0.2, 0.25) is 0 Å². The van der Waals surface area contributed by atoms with E-state index in [1.165, 1.54) is 87.5 Å². The molecule has 43 heavy (non-hydrogen) atoms. The highest BCUT2D eigenvalue weighted by atomic mass is 16.3. The van der Waals surface area contributed by atoms with Gasteiger partial charge >= 0.3 is 0 Å². The first-order chi connectivity index (χ1) is 21.0. The summed E-state index contributed by atoms with van der Waals surface area (Å²) in [5.41, 5.74) is 14.9. The average molecular weight is 544 g/mol. The summed E-state index contributed by atoms with van der Waals surface area (Å²) in [6.07, 6.45) is 0. The van der Waals surface area contributed by atoms with Crippen LogP contribution in [0.4, 0.5) is 0 Å². The molecule has 7 aromatic carbocycles. The minimum atomic E-state index is 0.932. The summed E-state index contributed by atoms with van der Waals surface area (Å²) in [5.74, 6) is 0. The van der Waals surface area contributed by atoms with Gasteiger partial charge < -0.3 is 4.42 Å². The molecule has 0 fully saturated rings. The van der Waals surface area contributed by atoms with Gasteiger partial charge in [-0.1, -0.05) is 131 Å². The van der Waals surface area contributed by atoms with Crippen LogP contribution in [0.15, 0.2) is 126 Å². The molecule has 0 aliphatic rings. The predicted octanol–water partition coefficient (Wildman–Crippen LogP) is 3.93. The van der Waals surface area contributed by atoms with Gasteiger partial charge in [-0.2, -0.15) is 0 Å². The molecule has 0 N–H and O–H groups in total. The van der Waals surface area contributed by atoms with Gasteiger partial charge in [-0.05, 0) is 67.1 Å². The summed E-state index contributed by atoms with van der Waals surface area (Å²) in [6.45, 7) is 0. The second kappa shape index (κ2) is 9.85. The number of para-hydroxylation sites is 1. The van der Waals surface area contributed by atoms with Crippen molar-refractivity contribution in [2.24, 2.45) is 0 Å². The van der Waals surface area contributed by atoms with Gasteiger partial charge in [0.1, 0.15) is 42.6 Å². The smallest absolute Gasteiger partial charge is 0.139 e. The van der Waals surface area contributed by atoms with Crippen molar-refractivity contribution in [3.63, 3.8) is 0 Å². The molecule has 1 heterocycles. The molecular weight excluding hydrogens is 516 g/mol. The first-order valence-corrected chi connectivity index (χ1v) is 15.0. The van der Waals surface area contributed by atoms with Crippen molar-refractivity contribution in [1.82, 2.24) is 0 Å². The molecule has 5 heteroatoms. The Morgan fingerprint density at radius 2 is 0.814 bits per heavy atom. The highest BCUT2D eigenvalue weighted by molar-refractivity contribution is 6.63. The van der Waals surface area contributed by atoms with Gasteiger partial charge in [-0.3, -0.25) is 0 Å². The molecule has 8 aromatic rings. The minimum Gasteiger partial charge on any atom is -0.456 e. The summed E-state index contributed by atoms with van der Waals surface area (Å²) in [6, 6.07) is 43.6. The van der Waals surface area contributed by atoms with E-state index in [1.807, 2.05) is 6.07 Å². The van der Waals surface area contributed by atoms with E-state index in [0.717, 1.165) is 11.2 Å². The van der Waals surface area contributed by atoms with Crippen molar-refractivity contribution < 1.29 is 4.42 Å². The first kappa shape index (κ1) is 25.8. The average Bonchev–Trinajstić information content (AvgIpc) is 3.43. The Morgan fingerprint density at radius 3 is 1.42 bits per heavy atom. The zero-order chi connectivity index (χ0) is 29.2. The molecule has 0 amide bonds. The van der Waals surface area contributed by atoms with E-state index in [1.54, 1.807) is 0 Å². The van der Waals surface area contributed by atoms with Crippen LogP contribution in [0.5, 0.6) is 0 Å². The molecule has 8 rings (SSSR count). The number of fused-ring (bicyclic) bond motifs is 5. The lowest BCUT2D eigenvalue weighted by molar-refractivity contribution is 0.669. The highest BCUT2D eigenvalue weighted by Crippen LogP contribution is 2.43. The summed E-state index contributed by atoms with van der Waals surface area (Å²) in [7, 11) is 9.21. The molecule has 0 bridgehead atoms. The molecule has 0 aliphatic carbocycles. The van der Waals surface area contributed by atoms with E-state index in [2.05, 4.69) is 147 Å². The van der Waals surface area contributed by atoms with Crippen molar-refractivity contribution >= 4 is 96.7 Å². The Morgan fingerprint density at radius 1 is 0.349 bits per heavy atom. The molecule has 1 aromatic heterocycles. The van der Waals surface area contributed by atoms with E-state index in [9.17, 15) is 0 Å². The van der Waals surface area contributed by atoms with Crippen LogP contribution >= 0.6 is 0 Å². The summed E-state index contributed by atoms with van der Waals surface area (Å²) < 4.78 is 6.29. The third-order valence-corrected chi connectivity index (χ3v) is 9.54. The maximum Gasteiger partial charge on any atom is 0.139 e. The third-order valence-electron chi connectivity index (χ3n) is 9.54. The van der Waals surface area contributed by atoms with Crippen molar-refractivity contribution in [2.45, 2.75) is 0 Å².